The Balaban J connectivity index is 1.13. The Morgan fingerprint density at radius 1 is 1.07 bits per heavy atom. The minimum Gasteiger partial charge on any atom is -0.381 e. The first kappa shape index (κ1) is 32.1. The number of aryl methyl sites for hydroxylation is 1. The van der Waals surface area contributed by atoms with Gasteiger partial charge in [0.1, 0.15) is 6.04 Å². The van der Waals surface area contributed by atoms with Crippen LogP contribution in [0.2, 0.25) is 0 Å². The van der Waals surface area contributed by atoms with E-state index in [9.17, 15) is 14.4 Å². The van der Waals surface area contributed by atoms with Crippen LogP contribution in [-0.2, 0) is 25.5 Å². The van der Waals surface area contributed by atoms with Crippen molar-refractivity contribution in [2.75, 3.05) is 38.2 Å². The standard InChI is InChI=1S/C36H43N5O4S/c1-25-10-12-27(13-11-25)31-24-46-35(39-31)40-32(42)23-41-18-14-29-28(22-41)9-5-6-15-36(16-19-45-20-17-36)34(44)38-30(33(43)37-29)21-26-7-3-2-4-8-26/h2-8,10-13,24,28-30H,9,14-23H2,1H3,(H,37,43)(H,38,44)(H,39,40,42)/b6-5+/t28-,29-,30+/m0/s1. The number of rotatable bonds is 6. The molecule has 242 valence electrons. The van der Waals surface area contributed by atoms with Crippen LogP contribution >= 0.6 is 11.3 Å². The van der Waals surface area contributed by atoms with Crippen LogP contribution in [0.3, 0.4) is 0 Å². The van der Waals surface area contributed by atoms with Gasteiger partial charge in [0.25, 0.3) is 0 Å². The van der Waals surface area contributed by atoms with Gasteiger partial charge in [-0.25, -0.2) is 4.98 Å². The average molecular weight is 642 g/mol. The molecule has 3 N–H and O–H groups in total. The van der Waals surface area contributed by atoms with Gasteiger partial charge in [0.05, 0.1) is 17.7 Å². The van der Waals surface area contributed by atoms with Crippen molar-refractivity contribution in [1.82, 2.24) is 20.5 Å². The van der Waals surface area contributed by atoms with E-state index in [-0.39, 0.29) is 36.2 Å². The molecule has 0 aliphatic carbocycles. The summed E-state index contributed by atoms with van der Waals surface area (Å²) in [4.78, 5) is 47.5. The predicted octanol–water partition coefficient (Wildman–Crippen LogP) is 4.74. The number of piperidine rings is 1. The zero-order valence-corrected chi connectivity index (χ0v) is 27.2. The van der Waals surface area contributed by atoms with Gasteiger partial charge in [-0.2, -0.15) is 0 Å². The van der Waals surface area contributed by atoms with E-state index in [4.69, 9.17) is 4.74 Å². The van der Waals surface area contributed by atoms with Gasteiger partial charge in [-0.05, 0) is 50.5 Å². The van der Waals surface area contributed by atoms with E-state index < -0.39 is 11.5 Å². The monoisotopic (exact) mass is 641 g/mol. The fraction of sp³-hybridized carbons (Fsp3) is 0.444. The van der Waals surface area contributed by atoms with Crippen molar-refractivity contribution in [3.63, 3.8) is 0 Å². The molecule has 0 saturated carbocycles. The summed E-state index contributed by atoms with van der Waals surface area (Å²) in [5.74, 6) is -0.185. The van der Waals surface area contributed by atoms with Gasteiger partial charge >= 0.3 is 0 Å². The van der Waals surface area contributed by atoms with Gasteiger partial charge in [0.15, 0.2) is 5.13 Å². The quantitative estimate of drug-likeness (QED) is 0.336. The van der Waals surface area contributed by atoms with Gasteiger partial charge in [-0.1, -0.05) is 72.3 Å². The van der Waals surface area contributed by atoms with Crippen molar-refractivity contribution in [1.29, 1.82) is 0 Å². The second-order valence-corrected chi connectivity index (χ2v) is 13.7. The van der Waals surface area contributed by atoms with E-state index >= 15 is 0 Å². The summed E-state index contributed by atoms with van der Waals surface area (Å²) < 4.78 is 5.61. The van der Waals surface area contributed by atoms with Crippen molar-refractivity contribution in [3.05, 3.63) is 83.3 Å². The summed E-state index contributed by atoms with van der Waals surface area (Å²) in [5.41, 5.74) is 3.47. The van der Waals surface area contributed by atoms with Crippen LogP contribution in [0.25, 0.3) is 11.3 Å². The Kier molecular flexibility index (Phi) is 10.3. The molecule has 2 aromatic carbocycles. The lowest BCUT2D eigenvalue weighted by molar-refractivity contribution is -0.140. The summed E-state index contributed by atoms with van der Waals surface area (Å²) in [6, 6.07) is 17.3. The van der Waals surface area contributed by atoms with Crippen LogP contribution in [0.4, 0.5) is 5.13 Å². The van der Waals surface area contributed by atoms with Crippen molar-refractivity contribution < 1.29 is 19.1 Å². The third-order valence-electron chi connectivity index (χ3n) is 9.56. The van der Waals surface area contributed by atoms with Gasteiger partial charge in [-0.3, -0.25) is 19.3 Å². The maximum absolute atomic E-state index is 13.8. The Hall–Kier alpha value is -3.86. The molecule has 0 bridgehead atoms. The highest BCUT2D eigenvalue weighted by Gasteiger charge is 2.41. The van der Waals surface area contributed by atoms with Crippen molar-refractivity contribution >= 4 is 34.2 Å². The highest BCUT2D eigenvalue weighted by Crippen LogP contribution is 2.36. The van der Waals surface area contributed by atoms with E-state index in [1.807, 2.05) is 47.8 Å². The molecular weight excluding hydrogens is 598 g/mol. The van der Waals surface area contributed by atoms with Crippen LogP contribution in [0.5, 0.6) is 0 Å². The van der Waals surface area contributed by atoms with Gasteiger partial charge < -0.3 is 20.7 Å². The van der Waals surface area contributed by atoms with Crippen LogP contribution in [0.1, 0.15) is 43.2 Å². The summed E-state index contributed by atoms with van der Waals surface area (Å²) >= 11 is 1.42. The molecule has 9 nitrogen and oxygen atoms in total. The number of benzene rings is 2. The molecule has 1 spiro atoms. The van der Waals surface area contributed by atoms with E-state index in [0.29, 0.717) is 57.1 Å². The Morgan fingerprint density at radius 3 is 2.63 bits per heavy atom. The maximum Gasteiger partial charge on any atom is 0.243 e. The van der Waals surface area contributed by atoms with Crippen molar-refractivity contribution in [3.8, 4) is 11.3 Å². The summed E-state index contributed by atoms with van der Waals surface area (Å²) in [5, 5.41) is 12.0. The fourth-order valence-electron chi connectivity index (χ4n) is 6.75. The number of carbonyl (C=O) groups is 3. The van der Waals surface area contributed by atoms with E-state index in [0.717, 1.165) is 29.7 Å². The summed E-state index contributed by atoms with van der Waals surface area (Å²) in [6.07, 6.45) is 8.07. The molecule has 0 radical (unpaired) electrons. The first-order chi connectivity index (χ1) is 22.4. The molecule has 4 heterocycles. The SMILES string of the molecule is Cc1ccc(-c2csc(NC(=O)CN3CC[C@@H]4NC(=O)[C@@H](Cc5ccccc5)NC(=O)C5(C/C=C/C[C@H]4C3)CCOCC5)n2)cc1. The lowest BCUT2D eigenvalue weighted by atomic mass is 9.75. The number of anilines is 1. The Bertz CT molecular complexity index is 1530. The average Bonchev–Trinajstić information content (AvgIpc) is 3.52. The van der Waals surface area contributed by atoms with E-state index in [1.54, 1.807) is 0 Å². The summed E-state index contributed by atoms with van der Waals surface area (Å²) in [7, 11) is 0. The minimum absolute atomic E-state index is 0.0564. The van der Waals surface area contributed by atoms with E-state index in [2.05, 4.69) is 57.0 Å². The van der Waals surface area contributed by atoms with Gasteiger partial charge in [-0.15, -0.1) is 11.3 Å². The number of hydrogen-bond donors (Lipinski definition) is 3. The molecule has 2 saturated heterocycles. The second kappa shape index (κ2) is 14.7. The third-order valence-corrected chi connectivity index (χ3v) is 10.3. The first-order valence-electron chi connectivity index (χ1n) is 16.3. The molecule has 46 heavy (non-hydrogen) atoms. The van der Waals surface area contributed by atoms with Crippen LogP contribution in [-0.4, -0.2) is 72.5 Å². The molecule has 3 amide bonds. The molecule has 10 heteroatoms. The molecule has 3 aliphatic heterocycles. The molecule has 3 atom stereocenters. The number of nitrogens with zero attached hydrogens (tertiary/aromatic N) is 2. The maximum atomic E-state index is 13.8. The second-order valence-electron chi connectivity index (χ2n) is 12.9. The zero-order valence-electron chi connectivity index (χ0n) is 26.4. The number of thiazole rings is 1. The number of hydrogen-bond acceptors (Lipinski definition) is 7. The minimum atomic E-state index is -0.675. The molecule has 3 aliphatic rings. The van der Waals surface area contributed by atoms with Crippen LogP contribution < -0.4 is 16.0 Å². The fourth-order valence-corrected chi connectivity index (χ4v) is 7.49. The smallest absolute Gasteiger partial charge is 0.243 e. The Morgan fingerprint density at radius 2 is 1.85 bits per heavy atom. The van der Waals surface area contributed by atoms with Crippen molar-refractivity contribution in [2.45, 2.75) is 57.5 Å². The number of likely N-dealkylation sites (tertiary alicyclic amines) is 1. The lowest BCUT2D eigenvalue weighted by Gasteiger charge is -2.40. The number of ether oxygens (including phenoxy) is 1. The number of aromatic nitrogens is 1. The normalized spacial score (nSPS) is 24.5. The third kappa shape index (κ3) is 7.92. The van der Waals surface area contributed by atoms with Crippen LogP contribution in [0.15, 0.2) is 72.1 Å². The highest BCUT2D eigenvalue weighted by atomic mass is 32.1. The van der Waals surface area contributed by atoms with Gasteiger partial charge in [0.2, 0.25) is 17.7 Å². The molecular formula is C36H43N5O4S. The van der Waals surface area contributed by atoms with E-state index in [1.165, 1.54) is 16.9 Å². The lowest BCUT2D eigenvalue weighted by Crippen LogP contribution is -2.58. The molecule has 0 unspecified atom stereocenters. The predicted molar refractivity (Wildman–Crippen MR) is 180 cm³/mol. The number of nitrogens with one attached hydrogen (secondary N) is 3. The topological polar surface area (TPSA) is 113 Å². The molecule has 6 rings (SSSR count). The first-order valence-corrected chi connectivity index (χ1v) is 17.2. The number of fused-ring (bicyclic) bond motifs is 1. The summed E-state index contributed by atoms with van der Waals surface area (Å²) in [6.45, 7) is 4.75. The largest absolute Gasteiger partial charge is 0.381 e. The molecule has 1 aromatic heterocycles. The number of amides is 3. The zero-order chi connectivity index (χ0) is 31.9. The molecule has 3 aromatic rings. The van der Waals surface area contributed by atoms with Crippen molar-refractivity contribution in [2.24, 2.45) is 11.3 Å². The van der Waals surface area contributed by atoms with Crippen LogP contribution in [0, 0.1) is 18.3 Å². The van der Waals surface area contributed by atoms with Gasteiger partial charge in [0, 0.05) is 49.7 Å². The highest BCUT2D eigenvalue weighted by molar-refractivity contribution is 7.14. The Labute approximate surface area is 274 Å². The number of carbonyl (C=O) groups excluding carboxylic acids is 3. The number of allylic oxidation sites excluding steroid dienone is 2. The molecule has 2 fully saturated rings.